The first-order valence-electron chi connectivity index (χ1n) is 6.57. The van der Waals surface area contributed by atoms with Gasteiger partial charge in [0.25, 0.3) is 0 Å². The van der Waals surface area contributed by atoms with E-state index in [0.717, 1.165) is 24.3 Å². The number of nitrogens with one attached hydrogen (secondary N) is 1. The highest BCUT2D eigenvalue weighted by Gasteiger charge is 2.01. The van der Waals surface area contributed by atoms with Crippen molar-refractivity contribution in [1.82, 2.24) is 19.6 Å². The second kappa shape index (κ2) is 5.61. The summed E-state index contributed by atoms with van der Waals surface area (Å²) >= 11 is 0. The van der Waals surface area contributed by atoms with Crippen molar-refractivity contribution in [2.24, 2.45) is 7.05 Å². The summed E-state index contributed by atoms with van der Waals surface area (Å²) in [5.74, 6) is 0. The highest BCUT2D eigenvalue weighted by molar-refractivity contribution is 5.38. The molecule has 2 heterocycles. The lowest BCUT2D eigenvalue weighted by Crippen LogP contribution is -2.00. The van der Waals surface area contributed by atoms with Crippen LogP contribution in [0.4, 0.5) is 5.69 Å². The highest BCUT2D eigenvalue weighted by atomic mass is 15.3. The quantitative estimate of drug-likeness (QED) is 0.771. The van der Waals surface area contributed by atoms with E-state index in [4.69, 9.17) is 0 Å². The predicted molar refractivity (Wildman–Crippen MR) is 78.3 cm³/mol. The minimum Gasteiger partial charge on any atom is -0.378 e. The molecule has 0 atom stereocenters. The minimum absolute atomic E-state index is 0.750. The Bertz CT molecular complexity index is 668. The summed E-state index contributed by atoms with van der Waals surface area (Å²) in [5, 5.41) is 11.8. The number of aromatic nitrogens is 4. The number of aryl methyl sites for hydroxylation is 1. The number of nitrogens with zero attached hydrogens (tertiary/aromatic N) is 4. The van der Waals surface area contributed by atoms with Crippen LogP contribution in [0, 0.1) is 0 Å². The van der Waals surface area contributed by atoms with E-state index < -0.39 is 0 Å². The van der Waals surface area contributed by atoms with Gasteiger partial charge in [-0.3, -0.25) is 9.36 Å². The van der Waals surface area contributed by atoms with Gasteiger partial charge in [-0.1, -0.05) is 30.3 Å². The molecule has 0 saturated heterocycles. The van der Waals surface area contributed by atoms with E-state index in [-0.39, 0.29) is 0 Å². The molecule has 5 nitrogen and oxygen atoms in total. The van der Waals surface area contributed by atoms with Crippen molar-refractivity contribution in [2.75, 3.05) is 5.32 Å². The van der Waals surface area contributed by atoms with Crippen LogP contribution in [-0.2, 0) is 20.1 Å². The molecular formula is C15H17N5. The van der Waals surface area contributed by atoms with Crippen LogP contribution in [0.1, 0.15) is 11.1 Å². The Hall–Kier alpha value is -2.56. The lowest BCUT2D eigenvalue weighted by Gasteiger charge is -2.01. The first-order chi connectivity index (χ1) is 9.79. The van der Waals surface area contributed by atoms with E-state index in [1.165, 1.54) is 5.56 Å². The maximum atomic E-state index is 4.38. The lowest BCUT2D eigenvalue weighted by molar-refractivity contribution is 0.686. The summed E-state index contributed by atoms with van der Waals surface area (Å²) in [4.78, 5) is 0. The molecule has 1 N–H and O–H groups in total. The van der Waals surface area contributed by atoms with E-state index in [9.17, 15) is 0 Å². The fraction of sp³-hybridized carbons (Fsp3) is 0.200. The zero-order valence-corrected chi connectivity index (χ0v) is 11.4. The van der Waals surface area contributed by atoms with E-state index in [1.807, 2.05) is 48.5 Å². The second-order valence-corrected chi connectivity index (χ2v) is 4.79. The Labute approximate surface area is 117 Å². The van der Waals surface area contributed by atoms with Gasteiger partial charge >= 0.3 is 0 Å². The molecule has 0 radical (unpaired) electrons. The van der Waals surface area contributed by atoms with Gasteiger partial charge in [0, 0.05) is 31.5 Å². The van der Waals surface area contributed by atoms with Gasteiger partial charge in [0.05, 0.1) is 24.6 Å². The molecule has 0 spiro atoms. The monoisotopic (exact) mass is 267 g/mol. The van der Waals surface area contributed by atoms with Crippen LogP contribution >= 0.6 is 0 Å². The standard InChI is InChI=1S/C15H17N5/c1-19-12-15(9-17-19)16-7-14-8-18-20(11-14)10-13-5-3-2-4-6-13/h2-6,8-9,11-12,16H,7,10H2,1H3. The molecule has 3 aromatic rings. The number of hydrogen-bond acceptors (Lipinski definition) is 3. The van der Waals surface area contributed by atoms with Crippen LogP contribution < -0.4 is 5.32 Å². The van der Waals surface area contributed by atoms with Gasteiger partial charge < -0.3 is 5.32 Å². The average molecular weight is 267 g/mol. The van der Waals surface area contributed by atoms with Crippen LogP contribution in [0.3, 0.4) is 0 Å². The fourth-order valence-corrected chi connectivity index (χ4v) is 2.07. The van der Waals surface area contributed by atoms with Crippen molar-refractivity contribution in [3.8, 4) is 0 Å². The second-order valence-electron chi connectivity index (χ2n) is 4.79. The van der Waals surface area contributed by atoms with Crippen LogP contribution in [0.15, 0.2) is 55.1 Å². The molecule has 0 saturated carbocycles. The van der Waals surface area contributed by atoms with Crippen molar-refractivity contribution >= 4 is 5.69 Å². The third-order valence-electron chi connectivity index (χ3n) is 3.08. The van der Waals surface area contributed by atoms with Gasteiger partial charge in [0.15, 0.2) is 0 Å². The average Bonchev–Trinajstić information content (AvgIpc) is 3.07. The topological polar surface area (TPSA) is 47.7 Å². The lowest BCUT2D eigenvalue weighted by atomic mass is 10.2. The molecular weight excluding hydrogens is 250 g/mol. The van der Waals surface area contributed by atoms with Crippen molar-refractivity contribution in [3.05, 3.63) is 66.2 Å². The van der Waals surface area contributed by atoms with Gasteiger partial charge in [-0.25, -0.2) is 0 Å². The van der Waals surface area contributed by atoms with E-state index >= 15 is 0 Å². The summed E-state index contributed by atoms with van der Waals surface area (Å²) in [5.41, 5.74) is 3.43. The van der Waals surface area contributed by atoms with Gasteiger partial charge in [-0.2, -0.15) is 10.2 Å². The molecule has 1 aromatic carbocycles. The predicted octanol–water partition coefficient (Wildman–Crippen LogP) is 2.28. The van der Waals surface area contributed by atoms with Crippen molar-refractivity contribution in [3.63, 3.8) is 0 Å². The van der Waals surface area contributed by atoms with Crippen LogP contribution in [0.25, 0.3) is 0 Å². The number of anilines is 1. The molecule has 2 aromatic heterocycles. The normalized spacial score (nSPS) is 10.7. The van der Waals surface area contributed by atoms with Crippen LogP contribution in [-0.4, -0.2) is 19.6 Å². The third kappa shape index (κ3) is 3.06. The molecule has 20 heavy (non-hydrogen) atoms. The minimum atomic E-state index is 0.750. The molecule has 3 rings (SSSR count). The first kappa shape index (κ1) is 12.5. The molecule has 0 bridgehead atoms. The largest absolute Gasteiger partial charge is 0.378 e. The molecule has 0 amide bonds. The molecule has 5 heteroatoms. The third-order valence-corrected chi connectivity index (χ3v) is 3.08. The first-order valence-corrected chi connectivity index (χ1v) is 6.57. The van der Waals surface area contributed by atoms with Crippen molar-refractivity contribution in [1.29, 1.82) is 0 Å². The Kier molecular flexibility index (Phi) is 3.50. The molecule has 0 aliphatic heterocycles. The van der Waals surface area contributed by atoms with E-state index in [2.05, 4.69) is 33.8 Å². The zero-order valence-electron chi connectivity index (χ0n) is 11.4. The van der Waals surface area contributed by atoms with Crippen LogP contribution in [0.2, 0.25) is 0 Å². The molecule has 0 aliphatic carbocycles. The summed E-state index contributed by atoms with van der Waals surface area (Å²) in [7, 11) is 1.91. The summed E-state index contributed by atoms with van der Waals surface area (Å²) in [6.45, 7) is 1.55. The maximum absolute atomic E-state index is 4.38. The molecule has 0 unspecified atom stereocenters. The Balaban J connectivity index is 1.59. The van der Waals surface area contributed by atoms with Gasteiger partial charge in [0.2, 0.25) is 0 Å². The SMILES string of the molecule is Cn1cc(NCc2cnn(Cc3ccccc3)c2)cn1. The Morgan fingerprint density at radius 1 is 1.00 bits per heavy atom. The Morgan fingerprint density at radius 3 is 2.60 bits per heavy atom. The van der Waals surface area contributed by atoms with E-state index in [1.54, 1.807) is 4.68 Å². The highest BCUT2D eigenvalue weighted by Crippen LogP contribution is 2.08. The fourth-order valence-electron chi connectivity index (χ4n) is 2.07. The summed E-state index contributed by atoms with van der Waals surface area (Å²) < 4.78 is 3.73. The zero-order chi connectivity index (χ0) is 13.8. The van der Waals surface area contributed by atoms with Gasteiger partial charge in [-0.15, -0.1) is 0 Å². The molecule has 0 fully saturated rings. The van der Waals surface area contributed by atoms with Crippen molar-refractivity contribution in [2.45, 2.75) is 13.1 Å². The Morgan fingerprint density at radius 2 is 1.85 bits per heavy atom. The van der Waals surface area contributed by atoms with E-state index in [0.29, 0.717) is 0 Å². The summed E-state index contributed by atoms with van der Waals surface area (Å²) in [6, 6.07) is 10.3. The van der Waals surface area contributed by atoms with Crippen molar-refractivity contribution < 1.29 is 0 Å². The number of rotatable bonds is 5. The van der Waals surface area contributed by atoms with Crippen LogP contribution in [0.5, 0.6) is 0 Å². The number of hydrogen-bond donors (Lipinski definition) is 1. The van der Waals surface area contributed by atoms with Gasteiger partial charge in [0.1, 0.15) is 0 Å². The summed E-state index contributed by atoms with van der Waals surface area (Å²) in [6.07, 6.45) is 7.73. The smallest absolute Gasteiger partial charge is 0.0729 e. The number of benzene rings is 1. The molecule has 0 aliphatic rings. The maximum Gasteiger partial charge on any atom is 0.0729 e. The van der Waals surface area contributed by atoms with Gasteiger partial charge in [-0.05, 0) is 5.56 Å². The molecule has 102 valence electrons.